The van der Waals surface area contributed by atoms with E-state index in [4.69, 9.17) is 9.47 Å². The number of benzene rings is 1. The van der Waals surface area contributed by atoms with Crippen LogP contribution >= 0.6 is 15.9 Å². The van der Waals surface area contributed by atoms with Crippen LogP contribution in [0.5, 0.6) is 11.5 Å². The Morgan fingerprint density at radius 2 is 2.06 bits per heavy atom. The van der Waals surface area contributed by atoms with E-state index in [-0.39, 0.29) is 0 Å². The van der Waals surface area contributed by atoms with Gasteiger partial charge in [-0.05, 0) is 46.5 Å². The van der Waals surface area contributed by atoms with Gasteiger partial charge in [0.1, 0.15) is 0 Å². The summed E-state index contributed by atoms with van der Waals surface area (Å²) in [4.78, 5) is 0. The number of hydrogen-bond donors (Lipinski definition) is 1. The lowest BCUT2D eigenvalue weighted by Crippen LogP contribution is -2.25. The highest BCUT2D eigenvalue weighted by molar-refractivity contribution is 9.10. The first-order chi connectivity index (χ1) is 8.33. The Bertz CT molecular complexity index is 416. The molecule has 0 saturated heterocycles. The van der Waals surface area contributed by atoms with E-state index in [1.165, 1.54) is 31.2 Å². The van der Waals surface area contributed by atoms with Gasteiger partial charge < -0.3 is 14.8 Å². The molecule has 92 valence electrons. The van der Waals surface area contributed by atoms with Gasteiger partial charge in [0.05, 0.1) is 4.47 Å². The molecule has 1 aromatic carbocycles. The molecule has 0 bridgehead atoms. The highest BCUT2D eigenvalue weighted by Gasteiger charge is 2.19. The van der Waals surface area contributed by atoms with E-state index in [1.807, 2.05) is 0 Å². The monoisotopic (exact) mass is 297 g/mol. The van der Waals surface area contributed by atoms with Crippen LogP contribution in [0.1, 0.15) is 31.2 Å². The first kappa shape index (κ1) is 11.4. The van der Waals surface area contributed by atoms with Gasteiger partial charge in [-0.2, -0.15) is 0 Å². The van der Waals surface area contributed by atoms with E-state index < -0.39 is 0 Å². The van der Waals surface area contributed by atoms with Gasteiger partial charge in [-0.1, -0.05) is 12.8 Å². The van der Waals surface area contributed by atoms with E-state index in [1.54, 1.807) is 0 Å². The van der Waals surface area contributed by atoms with Crippen LogP contribution in [0.15, 0.2) is 16.6 Å². The molecule has 0 atom stereocenters. The molecular formula is C13H16BrNO2. The molecule has 1 N–H and O–H groups in total. The first-order valence-corrected chi connectivity index (χ1v) is 6.93. The normalized spacial score (nSPS) is 18.9. The van der Waals surface area contributed by atoms with E-state index in [9.17, 15) is 0 Å². The molecule has 0 spiro atoms. The number of rotatable bonds is 3. The Morgan fingerprint density at radius 1 is 1.24 bits per heavy atom. The molecule has 1 aliphatic carbocycles. The maximum absolute atomic E-state index is 5.41. The lowest BCUT2D eigenvalue weighted by atomic mass is 10.1. The summed E-state index contributed by atoms with van der Waals surface area (Å²) in [6.45, 7) is 1.23. The van der Waals surface area contributed by atoms with Gasteiger partial charge in [0.15, 0.2) is 11.5 Å². The Hall–Kier alpha value is -0.740. The van der Waals surface area contributed by atoms with E-state index in [0.717, 1.165) is 22.5 Å². The Morgan fingerprint density at radius 3 is 2.88 bits per heavy atom. The van der Waals surface area contributed by atoms with Crippen molar-refractivity contribution in [2.24, 2.45) is 0 Å². The molecule has 3 rings (SSSR count). The van der Waals surface area contributed by atoms with E-state index in [2.05, 4.69) is 33.4 Å². The second kappa shape index (κ2) is 4.86. The van der Waals surface area contributed by atoms with Gasteiger partial charge in [0, 0.05) is 12.6 Å². The number of nitrogens with one attached hydrogen (secondary N) is 1. The number of halogens is 1. The minimum Gasteiger partial charge on any atom is -0.454 e. The fourth-order valence-corrected chi connectivity index (χ4v) is 3.12. The number of fused-ring (bicyclic) bond motifs is 1. The van der Waals surface area contributed by atoms with Gasteiger partial charge in [-0.3, -0.25) is 0 Å². The van der Waals surface area contributed by atoms with Crippen molar-refractivity contribution in [3.8, 4) is 11.5 Å². The van der Waals surface area contributed by atoms with Crippen molar-refractivity contribution in [3.63, 3.8) is 0 Å². The summed E-state index contributed by atoms with van der Waals surface area (Å²) >= 11 is 3.52. The van der Waals surface area contributed by atoms with Crippen LogP contribution in [0.2, 0.25) is 0 Å². The van der Waals surface area contributed by atoms with Crippen molar-refractivity contribution in [3.05, 3.63) is 22.2 Å². The zero-order valence-corrected chi connectivity index (χ0v) is 11.3. The predicted molar refractivity (Wildman–Crippen MR) is 69.4 cm³/mol. The molecule has 1 aliphatic heterocycles. The molecule has 0 amide bonds. The minimum absolute atomic E-state index is 0.327. The van der Waals surface area contributed by atoms with Crippen LogP contribution in [-0.2, 0) is 6.54 Å². The fourth-order valence-electron chi connectivity index (χ4n) is 2.51. The average Bonchev–Trinajstić information content (AvgIpc) is 2.97. The zero-order valence-electron chi connectivity index (χ0n) is 9.67. The minimum atomic E-state index is 0.327. The SMILES string of the molecule is Brc1cc(CNC2CCCC2)cc2c1OCO2. The van der Waals surface area contributed by atoms with Crippen molar-refractivity contribution >= 4 is 15.9 Å². The molecule has 1 heterocycles. The average molecular weight is 298 g/mol. The molecule has 1 aromatic rings. The third-order valence-corrected chi connectivity index (χ3v) is 4.03. The second-order valence-corrected chi connectivity index (χ2v) is 5.53. The Labute approximate surface area is 110 Å². The molecular weight excluding hydrogens is 282 g/mol. The van der Waals surface area contributed by atoms with E-state index in [0.29, 0.717) is 12.8 Å². The standard InChI is InChI=1S/C13H16BrNO2/c14-11-5-9(6-12-13(11)17-8-16-12)7-15-10-3-1-2-4-10/h5-6,10,15H,1-4,7-8H2. The topological polar surface area (TPSA) is 30.5 Å². The smallest absolute Gasteiger partial charge is 0.231 e. The van der Waals surface area contributed by atoms with E-state index >= 15 is 0 Å². The van der Waals surface area contributed by atoms with Gasteiger partial charge in [-0.15, -0.1) is 0 Å². The van der Waals surface area contributed by atoms with Crippen LogP contribution in [0.25, 0.3) is 0 Å². The van der Waals surface area contributed by atoms with Crippen molar-refractivity contribution in [1.29, 1.82) is 0 Å². The summed E-state index contributed by atoms with van der Waals surface area (Å²) in [7, 11) is 0. The largest absolute Gasteiger partial charge is 0.454 e. The fraction of sp³-hybridized carbons (Fsp3) is 0.538. The van der Waals surface area contributed by atoms with Crippen molar-refractivity contribution in [1.82, 2.24) is 5.32 Å². The second-order valence-electron chi connectivity index (χ2n) is 4.67. The molecule has 17 heavy (non-hydrogen) atoms. The quantitative estimate of drug-likeness (QED) is 0.929. The van der Waals surface area contributed by atoms with Crippen molar-refractivity contribution in [2.45, 2.75) is 38.3 Å². The van der Waals surface area contributed by atoms with Gasteiger partial charge in [0.25, 0.3) is 0 Å². The molecule has 0 aromatic heterocycles. The maximum atomic E-state index is 5.41. The molecule has 1 fully saturated rings. The van der Waals surface area contributed by atoms with Crippen LogP contribution in [0.4, 0.5) is 0 Å². The van der Waals surface area contributed by atoms with Crippen LogP contribution in [0, 0.1) is 0 Å². The molecule has 2 aliphatic rings. The summed E-state index contributed by atoms with van der Waals surface area (Å²) in [5.41, 5.74) is 1.24. The highest BCUT2D eigenvalue weighted by atomic mass is 79.9. The maximum Gasteiger partial charge on any atom is 0.231 e. The third-order valence-electron chi connectivity index (χ3n) is 3.44. The summed E-state index contributed by atoms with van der Waals surface area (Å²) in [6, 6.07) is 4.86. The molecule has 3 nitrogen and oxygen atoms in total. The molecule has 0 radical (unpaired) electrons. The predicted octanol–water partition coefficient (Wildman–Crippen LogP) is 3.21. The number of hydrogen-bond acceptors (Lipinski definition) is 3. The Kier molecular flexibility index (Phi) is 3.25. The summed E-state index contributed by atoms with van der Waals surface area (Å²) in [5.74, 6) is 1.68. The van der Waals surface area contributed by atoms with Crippen LogP contribution in [-0.4, -0.2) is 12.8 Å². The molecule has 0 unspecified atom stereocenters. The lowest BCUT2D eigenvalue weighted by molar-refractivity contribution is 0.173. The third kappa shape index (κ3) is 2.43. The first-order valence-electron chi connectivity index (χ1n) is 6.14. The Balaban J connectivity index is 1.68. The molecule has 1 saturated carbocycles. The van der Waals surface area contributed by atoms with Crippen molar-refractivity contribution in [2.75, 3.05) is 6.79 Å². The van der Waals surface area contributed by atoms with Crippen LogP contribution < -0.4 is 14.8 Å². The van der Waals surface area contributed by atoms with Gasteiger partial charge in [-0.25, -0.2) is 0 Å². The van der Waals surface area contributed by atoms with Gasteiger partial charge >= 0.3 is 0 Å². The summed E-state index contributed by atoms with van der Waals surface area (Å²) in [5, 5.41) is 3.60. The zero-order chi connectivity index (χ0) is 11.7. The summed E-state index contributed by atoms with van der Waals surface area (Å²) in [6.07, 6.45) is 5.35. The van der Waals surface area contributed by atoms with Crippen LogP contribution in [0.3, 0.4) is 0 Å². The lowest BCUT2D eigenvalue weighted by Gasteiger charge is -2.12. The van der Waals surface area contributed by atoms with Gasteiger partial charge in [0.2, 0.25) is 6.79 Å². The van der Waals surface area contributed by atoms with Crippen molar-refractivity contribution < 1.29 is 9.47 Å². The number of ether oxygens (including phenoxy) is 2. The molecule has 4 heteroatoms. The summed E-state index contributed by atoms with van der Waals surface area (Å²) < 4.78 is 11.8. The highest BCUT2D eigenvalue weighted by Crippen LogP contribution is 2.40.